The van der Waals surface area contributed by atoms with Crippen LogP contribution in [0.5, 0.6) is 5.88 Å². The second kappa shape index (κ2) is 5.29. The standard InChI is InChI=1S/C10H15N3O2/c1-7(2)4-9(14)13-8-5-12-10(15-3)6-11-8/h5-7H,4H2,1-3H3,(H,11,13,14). The van der Waals surface area contributed by atoms with Crippen molar-refractivity contribution in [2.45, 2.75) is 20.3 Å². The summed E-state index contributed by atoms with van der Waals surface area (Å²) in [7, 11) is 1.51. The fourth-order valence-electron chi connectivity index (χ4n) is 1.05. The third kappa shape index (κ3) is 3.93. The van der Waals surface area contributed by atoms with Gasteiger partial charge in [0.25, 0.3) is 0 Å². The molecule has 0 aliphatic carbocycles. The van der Waals surface area contributed by atoms with Gasteiger partial charge in [0, 0.05) is 6.42 Å². The number of methoxy groups -OCH3 is 1. The van der Waals surface area contributed by atoms with Gasteiger partial charge in [-0.1, -0.05) is 13.8 Å². The van der Waals surface area contributed by atoms with Gasteiger partial charge in [-0.25, -0.2) is 9.97 Å². The molecule has 1 N–H and O–H groups in total. The zero-order chi connectivity index (χ0) is 11.3. The number of carbonyl (C=O) groups is 1. The van der Waals surface area contributed by atoms with Crippen LogP contribution in [0.4, 0.5) is 5.82 Å². The van der Waals surface area contributed by atoms with Crippen LogP contribution in [0.2, 0.25) is 0 Å². The van der Waals surface area contributed by atoms with Crippen LogP contribution in [-0.2, 0) is 4.79 Å². The molecule has 0 fully saturated rings. The molecule has 1 rings (SSSR count). The molecule has 0 saturated heterocycles. The van der Waals surface area contributed by atoms with Crippen molar-refractivity contribution in [2.75, 3.05) is 12.4 Å². The van der Waals surface area contributed by atoms with Gasteiger partial charge < -0.3 is 10.1 Å². The second-order valence-corrected chi connectivity index (χ2v) is 3.59. The quantitative estimate of drug-likeness (QED) is 0.815. The molecule has 0 bridgehead atoms. The normalized spacial score (nSPS) is 10.1. The van der Waals surface area contributed by atoms with Gasteiger partial charge in [0.05, 0.1) is 19.5 Å². The van der Waals surface area contributed by atoms with Gasteiger partial charge in [-0.05, 0) is 5.92 Å². The van der Waals surface area contributed by atoms with E-state index in [1.165, 1.54) is 19.5 Å². The average Bonchev–Trinajstić information content (AvgIpc) is 2.17. The minimum Gasteiger partial charge on any atom is -0.480 e. The lowest BCUT2D eigenvalue weighted by atomic mass is 10.1. The molecule has 1 amide bonds. The highest BCUT2D eigenvalue weighted by Gasteiger charge is 2.06. The molecule has 0 radical (unpaired) electrons. The summed E-state index contributed by atoms with van der Waals surface area (Å²) in [6.07, 6.45) is 3.41. The van der Waals surface area contributed by atoms with Crippen LogP contribution in [0.25, 0.3) is 0 Å². The SMILES string of the molecule is COc1cnc(NC(=O)CC(C)C)cn1. The molecule has 0 aromatic carbocycles. The van der Waals surface area contributed by atoms with E-state index in [1.54, 1.807) is 0 Å². The van der Waals surface area contributed by atoms with E-state index < -0.39 is 0 Å². The van der Waals surface area contributed by atoms with E-state index in [4.69, 9.17) is 4.74 Å². The zero-order valence-corrected chi connectivity index (χ0v) is 9.15. The first-order valence-corrected chi connectivity index (χ1v) is 4.77. The van der Waals surface area contributed by atoms with Crippen LogP contribution in [0.1, 0.15) is 20.3 Å². The summed E-state index contributed by atoms with van der Waals surface area (Å²) in [4.78, 5) is 19.3. The lowest BCUT2D eigenvalue weighted by Crippen LogP contribution is -2.14. The molecule has 0 aliphatic rings. The molecule has 1 heterocycles. The van der Waals surface area contributed by atoms with E-state index >= 15 is 0 Å². The van der Waals surface area contributed by atoms with Crippen LogP contribution >= 0.6 is 0 Å². The fourth-order valence-corrected chi connectivity index (χ4v) is 1.05. The number of amides is 1. The number of hydrogen-bond acceptors (Lipinski definition) is 4. The van der Waals surface area contributed by atoms with Crippen LogP contribution < -0.4 is 10.1 Å². The van der Waals surface area contributed by atoms with E-state index in [1.807, 2.05) is 13.8 Å². The zero-order valence-electron chi connectivity index (χ0n) is 9.15. The Balaban J connectivity index is 2.53. The maximum Gasteiger partial charge on any atom is 0.232 e. The highest BCUT2D eigenvalue weighted by Crippen LogP contribution is 2.08. The average molecular weight is 209 g/mol. The van der Waals surface area contributed by atoms with E-state index in [-0.39, 0.29) is 5.91 Å². The molecule has 1 aromatic heterocycles. The van der Waals surface area contributed by atoms with E-state index in [0.29, 0.717) is 24.0 Å². The smallest absolute Gasteiger partial charge is 0.232 e. The van der Waals surface area contributed by atoms with E-state index in [0.717, 1.165) is 0 Å². The van der Waals surface area contributed by atoms with Crippen LogP contribution in [-0.4, -0.2) is 23.0 Å². The molecule has 0 saturated carbocycles. The number of anilines is 1. The third-order valence-electron chi connectivity index (χ3n) is 1.70. The second-order valence-electron chi connectivity index (χ2n) is 3.59. The molecule has 0 spiro atoms. The predicted octanol–water partition coefficient (Wildman–Crippen LogP) is 1.47. The Labute approximate surface area is 88.9 Å². The molecule has 0 aliphatic heterocycles. The molecule has 15 heavy (non-hydrogen) atoms. The number of nitrogens with zero attached hydrogens (tertiary/aromatic N) is 2. The highest BCUT2D eigenvalue weighted by atomic mass is 16.5. The van der Waals surface area contributed by atoms with Gasteiger partial charge in [0.15, 0.2) is 5.82 Å². The maximum atomic E-state index is 11.4. The molecular weight excluding hydrogens is 194 g/mol. The maximum absolute atomic E-state index is 11.4. The number of aromatic nitrogens is 2. The molecule has 0 unspecified atom stereocenters. The highest BCUT2D eigenvalue weighted by molar-refractivity contribution is 5.89. The van der Waals surface area contributed by atoms with Crippen molar-refractivity contribution >= 4 is 11.7 Å². The van der Waals surface area contributed by atoms with Crippen molar-refractivity contribution < 1.29 is 9.53 Å². The molecule has 1 aromatic rings. The Morgan fingerprint density at radius 1 is 1.47 bits per heavy atom. The fraction of sp³-hybridized carbons (Fsp3) is 0.500. The lowest BCUT2D eigenvalue weighted by molar-refractivity contribution is -0.116. The number of carbonyl (C=O) groups excluding carboxylic acids is 1. The molecule has 5 nitrogen and oxygen atoms in total. The Bertz CT molecular complexity index is 322. The van der Waals surface area contributed by atoms with Crippen LogP contribution in [0, 0.1) is 5.92 Å². The van der Waals surface area contributed by atoms with Crippen molar-refractivity contribution in [1.29, 1.82) is 0 Å². The molecule has 0 atom stereocenters. The Kier molecular flexibility index (Phi) is 4.03. The number of rotatable bonds is 4. The van der Waals surface area contributed by atoms with Crippen LogP contribution in [0.3, 0.4) is 0 Å². The van der Waals surface area contributed by atoms with Gasteiger partial charge in [-0.3, -0.25) is 4.79 Å². The topological polar surface area (TPSA) is 64.1 Å². The predicted molar refractivity (Wildman–Crippen MR) is 56.7 cm³/mol. The van der Waals surface area contributed by atoms with Crippen molar-refractivity contribution in [2.24, 2.45) is 5.92 Å². The summed E-state index contributed by atoms with van der Waals surface area (Å²) < 4.78 is 4.85. The van der Waals surface area contributed by atoms with Crippen molar-refractivity contribution in [3.8, 4) is 5.88 Å². The summed E-state index contributed by atoms with van der Waals surface area (Å²) in [5, 5.41) is 2.66. The molecule has 5 heteroatoms. The number of nitrogens with one attached hydrogen (secondary N) is 1. The van der Waals surface area contributed by atoms with Crippen molar-refractivity contribution in [3.63, 3.8) is 0 Å². The number of hydrogen-bond donors (Lipinski definition) is 1. The summed E-state index contributed by atoms with van der Waals surface area (Å²) in [5.74, 6) is 1.15. The van der Waals surface area contributed by atoms with E-state index in [9.17, 15) is 4.79 Å². The first-order valence-electron chi connectivity index (χ1n) is 4.77. The Morgan fingerprint density at radius 2 is 2.20 bits per heavy atom. The van der Waals surface area contributed by atoms with Crippen molar-refractivity contribution in [3.05, 3.63) is 12.4 Å². The lowest BCUT2D eigenvalue weighted by Gasteiger charge is -2.06. The first-order chi connectivity index (χ1) is 7.11. The Morgan fingerprint density at radius 3 is 2.67 bits per heavy atom. The monoisotopic (exact) mass is 209 g/mol. The minimum atomic E-state index is -0.0514. The minimum absolute atomic E-state index is 0.0514. The van der Waals surface area contributed by atoms with Crippen molar-refractivity contribution in [1.82, 2.24) is 9.97 Å². The largest absolute Gasteiger partial charge is 0.480 e. The Hall–Kier alpha value is -1.65. The van der Waals surface area contributed by atoms with Gasteiger partial charge in [0.1, 0.15) is 0 Å². The summed E-state index contributed by atoms with van der Waals surface area (Å²) in [6.45, 7) is 3.97. The third-order valence-corrected chi connectivity index (χ3v) is 1.70. The van der Waals surface area contributed by atoms with Gasteiger partial charge >= 0.3 is 0 Å². The van der Waals surface area contributed by atoms with Gasteiger partial charge in [-0.2, -0.15) is 0 Å². The summed E-state index contributed by atoms with van der Waals surface area (Å²) >= 11 is 0. The van der Waals surface area contributed by atoms with E-state index in [2.05, 4.69) is 15.3 Å². The number of ether oxygens (including phenoxy) is 1. The summed E-state index contributed by atoms with van der Waals surface area (Å²) in [6, 6.07) is 0. The first kappa shape index (κ1) is 11.4. The van der Waals surface area contributed by atoms with Gasteiger partial charge in [0.2, 0.25) is 11.8 Å². The van der Waals surface area contributed by atoms with Crippen LogP contribution in [0.15, 0.2) is 12.4 Å². The van der Waals surface area contributed by atoms with Gasteiger partial charge in [-0.15, -0.1) is 0 Å². The molecular formula is C10H15N3O2. The summed E-state index contributed by atoms with van der Waals surface area (Å²) in [5.41, 5.74) is 0. The molecule has 82 valence electrons.